The third-order valence-corrected chi connectivity index (χ3v) is 1.68. The maximum atomic E-state index is 10.4. The predicted octanol–water partition coefficient (Wildman–Crippen LogP) is 1.64. The van der Waals surface area contributed by atoms with Gasteiger partial charge in [0, 0.05) is 7.11 Å². The molecular weight excluding hydrogens is 172 g/mol. The van der Waals surface area contributed by atoms with E-state index in [-0.39, 0.29) is 0 Å². The highest BCUT2D eigenvalue weighted by Crippen LogP contribution is 2.01. The van der Waals surface area contributed by atoms with E-state index in [2.05, 4.69) is 11.7 Å². The van der Waals surface area contributed by atoms with Crippen LogP contribution >= 0.6 is 0 Å². The summed E-state index contributed by atoms with van der Waals surface area (Å²) in [6, 6.07) is 0. The van der Waals surface area contributed by atoms with Crippen molar-refractivity contribution in [1.82, 2.24) is 0 Å². The van der Waals surface area contributed by atoms with Gasteiger partial charge in [-0.25, -0.2) is 4.79 Å². The van der Waals surface area contributed by atoms with E-state index in [1.54, 1.807) is 0 Å². The Morgan fingerprint density at radius 2 is 2.08 bits per heavy atom. The second-order valence-electron chi connectivity index (χ2n) is 2.84. The van der Waals surface area contributed by atoms with Crippen LogP contribution in [0.3, 0.4) is 0 Å². The lowest BCUT2D eigenvalue weighted by atomic mass is 10.2. The second kappa shape index (κ2) is 8.01. The molecule has 0 heterocycles. The summed E-state index contributed by atoms with van der Waals surface area (Å²) >= 11 is 0. The monoisotopic (exact) mass is 190 g/mol. The summed E-state index contributed by atoms with van der Waals surface area (Å²) in [7, 11) is 1.32. The third-order valence-electron chi connectivity index (χ3n) is 1.68. The van der Waals surface area contributed by atoms with Gasteiger partial charge in [0.05, 0.1) is 6.61 Å². The van der Waals surface area contributed by atoms with Crippen molar-refractivity contribution >= 4 is 5.97 Å². The van der Waals surface area contributed by atoms with Crippen molar-refractivity contribution in [2.75, 3.05) is 13.7 Å². The lowest BCUT2D eigenvalue weighted by molar-refractivity contribution is -0.183. The average molecular weight is 190 g/mol. The van der Waals surface area contributed by atoms with Crippen LogP contribution < -0.4 is 0 Å². The minimum Gasteiger partial charge on any atom is -0.477 e. The maximum absolute atomic E-state index is 10.4. The number of hydrogen-bond donors (Lipinski definition) is 1. The Morgan fingerprint density at radius 1 is 1.38 bits per heavy atom. The summed E-state index contributed by atoms with van der Waals surface area (Å²) in [6.45, 7) is 2.57. The fraction of sp³-hybridized carbons (Fsp3) is 0.889. The van der Waals surface area contributed by atoms with Crippen molar-refractivity contribution < 1.29 is 19.4 Å². The van der Waals surface area contributed by atoms with Crippen LogP contribution in [0, 0.1) is 0 Å². The first-order valence-corrected chi connectivity index (χ1v) is 4.59. The molecule has 0 bridgehead atoms. The Labute approximate surface area is 78.8 Å². The summed E-state index contributed by atoms with van der Waals surface area (Å²) in [5.74, 6) is -1.07. The van der Waals surface area contributed by atoms with Crippen molar-refractivity contribution in [3.63, 3.8) is 0 Å². The molecule has 0 saturated heterocycles. The van der Waals surface area contributed by atoms with Gasteiger partial charge < -0.3 is 14.6 Å². The van der Waals surface area contributed by atoms with Crippen LogP contribution in [-0.4, -0.2) is 31.1 Å². The number of carboxylic acids is 1. The Kier molecular flexibility index (Phi) is 7.63. The van der Waals surface area contributed by atoms with Crippen LogP contribution in [0.25, 0.3) is 0 Å². The SMILES string of the molecule is CCCCCCOC(OC)C(=O)O. The standard InChI is InChI=1S/C9H18O4/c1-3-4-5-6-7-13-9(12-2)8(10)11/h9H,3-7H2,1-2H3,(H,10,11). The number of aliphatic carboxylic acids is 1. The van der Waals surface area contributed by atoms with Gasteiger partial charge in [0.25, 0.3) is 6.29 Å². The zero-order chi connectivity index (χ0) is 10.1. The Balaban J connectivity index is 3.33. The van der Waals surface area contributed by atoms with Gasteiger partial charge in [-0.2, -0.15) is 0 Å². The van der Waals surface area contributed by atoms with Gasteiger partial charge in [0.2, 0.25) is 0 Å². The van der Waals surface area contributed by atoms with Crippen LogP contribution in [-0.2, 0) is 14.3 Å². The summed E-state index contributed by atoms with van der Waals surface area (Å²) in [4.78, 5) is 10.4. The van der Waals surface area contributed by atoms with Crippen molar-refractivity contribution in [2.24, 2.45) is 0 Å². The highest BCUT2D eigenvalue weighted by molar-refractivity contribution is 5.70. The quantitative estimate of drug-likeness (QED) is 0.467. The number of hydrogen-bond acceptors (Lipinski definition) is 3. The Bertz CT molecular complexity index is 136. The maximum Gasteiger partial charge on any atom is 0.361 e. The molecular formula is C9H18O4. The lowest BCUT2D eigenvalue weighted by Crippen LogP contribution is -2.26. The summed E-state index contributed by atoms with van der Waals surface area (Å²) < 4.78 is 9.57. The van der Waals surface area contributed by atoms with Gasteiger partial charge in [-0.15, -0.1) is 0 Å². The van der Waals surface area contributed by atoms with Crippen LogP contribution in [0.15, 0.2) is 0 Å². The number of ether oxygens (including phenoxy) is 2. The highest BCUT2D eigenvalue weighted by Gasteiger charge is 2.15. The summed E-state index contributed by atoms with van der Waals surface area (Å²) in [6.07, 6.45) is 3.18. The molecule has 0 radical (unpaired) electrons. The molecule has 0 rings (SSSR count). The molecule has 0 aromatic rings. The summed E-state index contributed by atoms with van der Waals surface area (Å²) in [5.41, 5.74) is 0. The molecule has 0 saturated carbocycles. The molecule has 4 heteroatoms. The normalized spacial score (nSPS) is 12.8. The second-order valence-corrected chi connectivity index (χ2v) is 2.84. The first-order valence-electron chi connectivity index (χ1n) is 4.59. The van der Waals surface area contributed by atoms with E-state index in [0.717, 1.165) is 25.7 Å². The van der Waals surface area contributed by atoms with Crippen molar-refractivity contribution in [3.8, 4) is 0 Å². The largest absolute Gasteiger partial charge is 0.477 e. The molecule has 1 unspecified atom stereocenters. The molecule has 0 aliphatic heterocycles. The lowest BCUT2D eigenvalue weighted by Gasteiger charge is -2.10. The van der Waals surface area contributed by atoms with E-state index < -0.39 is 12.3 Å². The van der Waals surface area contributed by atoms with E-state index in [9.17, 15) is 4.79 Å². The minimum atomic E-state index is -1.11. The number of unbranched alkanes of at least 4 members (excludes halogenated alkanes) is 3. The molecule has 0 aliphatic rings. The van der Waals surface area contributed by atoms with Crippen molar-refractivity contribution in [3.05, 3.63) is 0 Å². The summed E-state index contributed by atoms with van der Waals surface area (Å²) in [5, 5.41) is 8.53. The fourth-order valence-electron chi connectivity index (χ4n) is 0.959. The molecule has 0 aromatic carbocycles. The van der Waals surface area contributed by atoms with E-state index in [0.29, 0.717) is 6.61 Å². The van der Waals surface area contributed by atoms with Gasteiger partial charge in [0.1, 0.15) is 0 Å². The number of methoxy groups -OCH3 is 1. The first-order chi connectivity index (χ1) is 6.22. The van der Waals surface area contributed by atoms with E-state index in [1.807, 2.05) is 0 Å². The zero-order valence-electron chi connectivity index (χ0n) is 8.28. The molecule has 0 fully saturated rings. The smallest absolute Gasteiger partial charge is 0.361 e. The van der Waals surface area contributed by atoms with Crippen LogP contribution in [0.4, 0.5) is 0 Å². The number of carboxylic acid groups (broad SMARTS) is 1. The fourth-order valence-corrected chi connectivity index (χ4v) is 0.959. The molecule has 1 N–H and O–H groups in total. The van der Waals surface area contributed by atoms with E-state index >= 15 is 0 Å². The minimum absolute atomic E-state index is 0.449. The molecule has 0 spiro atoms. The molecule has 1 atom stereocenters. The van der Waals surface area contributed by atoms with Crippen molar-refractivity contribution in [1.29, 1.82) is 0 Å². The van der Waals surface area contributed by atoms with Gasteiger partial charge in [-0.05, 0) is 6.42 Å². The van der Waals surface area contributed by atoms with Crippen LogP contribution in [0.2, 0.25) is 0 Å². The van der Waals surface area contributed by atoms with E-state index in [1.165, 1.54) is 7.11 Å². The van der Waals surface area contributed by atoms with E-state index in [4.69, 9.17) is 9.84 Å². The topological polar surface area (TPSA) is 55.8 Å². The van der Waals surface area contributed by atoms with Gasteiger partial charge in [-0.1, -0.05) is 26.2 Å². The van der Waals surface area contributed by atoms with Crippen LogP contribution in [0.5, 0.6) is 0 Å². The van der Waals surface area contributed by atoms with Gasteiger partial charge >= 0.3 is 5.97 Å². The van der Waals surface area contributed by atoms with Gasteiger partial charge in [-0.3, -0.25) is 0 Å². The molecule has 0 aliphatic carbocycles. The number of rotatable bonds is 8. The number of carbonyl (C=O) groups is 1. The molecule has 78 valence electrons. The Hall–Kier alpha value is -0.610. The molecule has 4 nitrogen and oxygen atoms in total. The molecule has 0 aromatic heterocycles. The average Bonchev–Trinajstić information content (AvgIpc) is 2.10. The highest BCUT2D eigenvalue weighted by atomic mass is 16.7. The van der Waals surface area contributed by atoms with Gasteiger partial charge in [0.15, 0.2) is 0 Å². The zero-order valence-corrected chi connectivity index (χ0v) is 8.28. The molecule has 0 amide bonds. The van der Waals surface area contributed by atoms with Crippen molar-refractivity contribution in [2.45, 2.75) is 38.9 Å². The Morgan fingerprint density at radius 3 is 2.54 bits per heavy atom. The first kappa shape index (κ1) is 12.4. The van der Waals surface area contributed by atoms with Crippen LogP contribution in [0.1, 0.15) is 32.6 Å². The third kappa shape index (κ3) is 6.54. The predicted molar refractivity (Wildman–Crippen MR) is 48.5 cm³/mol. The molecule has 13 heavy (non-hydrogen) atoms.